The number of nitrogens with zero attached hydrogens (tertiary/aromatic N) is 5. The molecule has 3 aromatic rings. The van der Waals surface area contributed by atoms with Gasteiger partial charge in [-0.25, -0.2) is 14.8 Å². The van der Waals surface area contributed by atoms with E-state index in [-0.39, 0.29) is 11.6 Å². The van der Waals surface area contributed by atoms with Crippen molar-refractivity contribution in [1.29, 1.82) is 5.26 Å². The van der Waals surface area contributed by atoms with Crippen molar-refractivity contribution in [3.63, 3.8) is 0 Å². The van der Waals surface area contributed by atoms with Crippen LogP contribution in [0.3, 0.4) is 0 Å². The maximum Gasteiger partial charge on any atom is 0.407 e. The number of anilines is 2. The quantitative estimate of drug-likeness (QED) is 0.414. The molecule has 0 unspecified atom stereocenters. The van der Waals surface area contributed by atoms with Gasteiger partial charge in [0.25, 0.3) is 0 Å². The molecular formula is C23H28N8O4. The lowest BCUT2D eigenvalue weighted by Gasteiger charge is -2.21. The Bertz CT molecular complexity index is 1180. The van der Waals surface area contributed by atoms with Gasteiger partial charge in [-0.1, -0.05) is 6.92 Å². The third-order valence-electron chi connectivity index (χ3n) is 4.48. The molecular weight excluding hydrogens is 452 g/mol. The second kappa shape index (κ2) is 11.1. The molecule has 1 amide bonds. The summed E-state index contributed by atoms with van der Waals surface area (Å²) in [6, 6.07) is 3.68. The number of carbonyl (C=O) groups is 1. The van der Waals surface area contributed by atoms with Crippen molar-refractivity contribution in [1.82, 2.24) is 30.5 Å². The predicted molar refractivity (Wildman–Crippen MR) is 127 cm³/mol. The standard InChI is InChI=1S/C23H28N8O4/c1-14(8-28-22(32)35-23(2,3)4)13-34-18-11-25-10-17(33-5)21(18)16-6-19(31-30-16)29-20-12-26-15(7-24)9-27-20/h6,9-12,14H,8,13H2,1-5H3,(H,28,32)(H2,27,29,30,31)/t14-/m1/s1. The molecule has 0 radical (unpaired) electrons. The van der Waals surface area contributed by atoms with Crippen molar-refractivity contribution < 1.29 is 19.0 Å². The van der Waals surface area contributed by atoms with E-state index >= 15 is 0 Å². The summed E-state index contributed by atoms with van der Waals surface area (Å²) in [5, 5.41) is 21.8. The van der Waals surface area contributed by atoms with E-state index in [4.69, 9.17) is 19.5 Å². The van der Waals surface area contributed by atoms with E-state index in [1.54, 1.807) is 25.6 Å². The molecule has 3 rings (SSSR count). The maximum atomic E-state index is 11.9. The number of aromatic amines is 1. The van der Waals surface area contributed by atoms with Gasteiger partial charge in [-0.15, -0.1) is 0 Å². The first-order valence-electron chi connectivity index (χ1n) is 10.8. The summed E-state index contributed by atoms with van der Waals surface area (Å²) >= 11 is 0. The zero-order valence-electron chi connectivity index (χ0n) is 20.2. The van der Waals surface area contributed by atoms with Crippen LogP contribution in [0.25, 0.3) is 11.3 Å². The number of ether oxygens (including phenoxy) is 3. The number of nitriles is 1. The molecule has 184 valence electrons. The second-order valence-corrected chi connectivity index (χ2v) is 8.70. The van der Waals surface area contributed by atoms with Crippen molar-refractivity contribution in [2.24, 2.45) is 5.92 Å². The predicted octanol–water partition coefficient (Wildman–Crippen LogP) is 3.43. The number of carbonyl (C=O) groups excluding carboxylic acids is 1. The minimum absolute atomic E-state index is 0.00415. The molecule has 35 heavy (non-hydrogen) atoms. The molecule has 12 heteroatoms. The smallest absolute Gasteiger partial charge is 0.407 e. The van der Waals surface area contributed by atoms with Crippen LogP contribution in [-0.2, 0) is 4.74 Å². The molecule has 0 saturated carbocycles. The van der Waals surface area contributed by atoms with E-state index in [0.29, 0.717) is 47.5 Å². The van der Waals surface area contributed by atoms with Crippen molar-refractivity contribution in [3.05, 3.63) is 36.5 Å². The molecule has 0 aliphatic heterocycles. The highest BCUT2D eigenvalue weighted by molar-refractivity contribution is 5.75. The number of rotatable bonds is 9. The molecule has 0 saturated heterocycles. The van der Waals surface area contributed by atoms with Gasteiger partial charge >= 0.3 is 6.09 Å². The third-order valence-corrected chi connectivity index (χ3v) is 4.48. The first kappa shape index (κ1) is 25.2. The Labute approximate surface area is 203 Å². The molecule has 1 atom stereocenters. The Morgan fingerprint density at radius 1 is 1.17 bits per heavy atom. The Morgan fingerprint density at radius 3 is 2.60 bits per heavy atom. The van der Waals surface area contributed by atoms with Gasteiger partial charge in [0.15, 0.2) is 17.3 Å². The molecule has 0 aliphatic rings. The summed E-state index contributed by atoms with van der Waals surface area (Å²) in [7, 11) is 1.54. The Hall–Kier alpha value is -4.40. The first-order chi connectivity index (χ1) is 16.7. The maximum absolute atomic E-state index is 11.9. The van der Waals surface area contributed by atoms with Crippen LogP contribution in [0.1, 0.15) is 33.4 Å². The monoisotopic (exact) mass is 480 g/mol. The zero-order chi connectivity index (χ0) is 25.4. The van der Waals surface area contributed by atoms with Gasteiger partial charge in [-0.2, -0.15) is 10.4 Å². The topological polar surface area (TPSA) is 160 Å². The van der Waals surface area contributed by atoms with Crippen LogP contribution >= 0.6 is 0 Å². The molecule has 0 spiro atoms. The highest BCUT2D eigenvalue weighted by atomic mass is 16.6. The lowest BCUT2D eigenvalue weighted by Crippen LogP contribution is -2.35. The first-order valence-corrected chi connectivity index (χ1v) is 10.8. The van der Waals surface area contributed by atoms with Gasteiger partial charge in [0, 0.05) is 18.5 Å². The zero-order valence-corrected chi connectivity index (χ0v) is 20.2. The summed E-state index contributed by atoms with van der Waals surface area (Å²) in [6.45, 7) is 8.07. The third kappa shape index (κ3) is 7.29. The lowest BCUT2D eigenvalue weighted by atomic mass is 10.1. The van der Waals surface area contributed by atoms with Crippen molar-refractivity contribution in [3.8, 4) is 28.8 Å². The highest BCUT2D eigenvalue weighted by Gasteiger charge is 2.19. The Morgan fingerprint density at radius 2 is 1.94 bits per heavy atom. The van der Waals surface area contributed by atoms with Crippen LogP contribution in [0.15, 0.2) is 30.9 Å². The second-order valence-electron chi connectivity index (χ2n) is 8.70. The molecule has 0 bridgehead atoms. The van der Waals surface area contributed by atoms with Crippen LogP contribution in [0.4, 0.5) is 16.4 Å². The molecule has 3 heterocycles. The van der Waals surface area contributed by atoms with E-state index in [1.807, 2.05) is 33.8 Å². The molecule has 12 nitrogen and oxygen atoms in total. The number of nitrogens with one attached hydrogen (secondary N) is 3. The van der Waals surface area contributed by atoms with Crippen molar-refractivity contribution >= 4 is 17.7 Å². The number of aromatic nitrogens is 5. The molecule has 0 fully saturated rings. The average molecular weight is 481 g/mol. The minimum atomic E-state index is -0.560. The van der Waals surface area contributed by atoms with Gasteiger partial charge in [0.1, 0.15) is 23.2 Å². The van der Waals surface area contributed by atoms with Crippen LogP contribution in [0.2, 0.25) is 0 Å². The molecule has 3 aromatic heterocycles. The van der Waals surface area contributed by atoms with Crippen molar-refractivity contribution in [2.45, 2.75) is 33.3 Å². The number of methoxy groups -OCH3 is 1. The van der Waals surface area contributed by atoms with E-state index in [9.17, 15) is 4.79 Å². The van der Waals surface area contributed by atoms with Gasteiger partial charge in [0.2, 0.25) is 0 Å². The fourth-order valence-electron chi connectivity index (χ4n) is 2.91. The molecule has 3 N–H and O–H groups in total. The van der Waals surface area contributed by atoms with E-state index in [0.717, 1.165) is 0 Å². The minimum Gasteiger partial charge on any atom is -0.494 e. The largest absolute Gasteiger partial charge is 0.494 e. The fourth-order valence-corrected chi connectivity index (χ4v) is 2.91. The number of H-pyrrole nitrogens is 1. The highest BCUT2D eigenvalue weighted by Crippen LogP contribution is 2.37. The molecule has 0 aliphatic carbocycles. The lowest BCUT2D eigenvalue weighted by molar-refractivity contribution is 0.0516. The van der Waals surface area contributed by atoms with E-state index < -0.39 is 11.7 Å². The number of hydrogen-bond donors (Lipinski definition) is 3. The normalized spacial score (nSPS) is 11.8. The van der Waals surface area contributed by atoms with Crippen LogP contribution in [-0.4, -0.2) is 57.1 Å². The van der Waals surface area contributed by atoms with Gasteiger partial charge < -0.3 is 24.8 Å². The summed E-state index contributed by atoms with van der Waals surface area (Å²) in [6.07, 6.45) is 5.51. The number of alkyl carbamates (subject to hydrolysis) is 1. The van der Waals surface area contributed by atoms with Crippen molar-refractivity contribution in [2.75, 3.05) is 25.6 Å². The number of amides is 1. The summed E-state index contributed by atoms with van der Waals surface area (Å²) in [5.74, 6) is 1.90. The number of pyridine rings is 1. The summed E-state index contributed by atoms with van der Waals surface area (Å²) in [5.41, 5.74) is 0.927. The van der Waals surface area contributed by atoms with Crippen LogP contribution in [0.5, 0.6) is 11.5 Å². The average Bonchev–Trinajstić information content (AvgIpc) is 3.28. The van der Waals surface area contributed by atoms with E-state index in [1.165, 1.54) is 12.4 Å². The fraction of sp³-hybridized carbons (Fsp3) is 0.391. The number of hydrogen-bond acceptors (Lipinski definition) is 10. The van der Waals surface area contributed by atoms with Crippen LogP contribution in [0, 0.1) is 17.2 Å². The van der Waals surface area contributed by atoms with Crippen LogP contribution < -0.4 is 20.1 Å². The summed E-state index contributed by atoms with van der Waals surface area (Å²) in [4.78, 5) is 24.2. The SMILES string of the molecule is COc1cncc(OC[C@H](C)CNC(=O)OC(C)(C)C)c1-c1cc(Nc2cnc(C#N)cn2)n[nH]1. The summed E-state index contributed by atoms with van der Waals surface area (Å²) < 4.78 is 16.8. The molecule has 0 aromatic carbocycles. The van der Waals surface area contributed by atoms with E-state index in [2.05, 4.69) is 35.8 Å². The van der Waals surface area contributed by atoms with Gasteiger partial charge in [-0.3, -0.25) is 10.1 Å². The Balaban J connectivity index is 1.68. The Kier molecular flexibility index (Phi) is 8.04. The van der Waals surface area contributed by atoms with Gasteiger partial charge in [0.05, 0.1) is 49.8 Å². The van der Waals surface area contributed by atoms with Gasteiger partial charge in [-0.05, 0) is 20.8 Å².